The second-order valence-electron chi connectivity index (χ2n) is 13.1. The fourth-order valence-corrected chi connectivity index (χ4v) is 8.89. The summed E-state index contributed by atoms with van der Waals surface area (Å²) in [5.41, 5.74) is 0.0592. The monoisotopic (exact) mass is 1050 g/mol. The first-order chi connectivity index (χ1) is 32.7. The van der Waals surface area contributed by atoms with Crippen LogP contribution in [0.1, 0.15) is 17.3 Å². The minimum atomic E-state index is -4.68. The summed E-state index contributed by atoms with van der Waals surface area (Å²) in [4.78, 5) is 60.4. The molecule has 0 saturated carbocycles. The minimum Gasteiger partial charge on any atom is -0.481 e. The highest BCUT2D eigenvalue weighted by atomic mass is 35.5. The molecule has 3 aromatic carbocycles. The van der Waals surface area contributed by atoms with E-state index in [1.54, 1.807) is 53.4 Å². The molecule has 23 nitrogen and oxygen atoms in total. The Morgan fingerprint density at radius 2 is 1.54 bits per heavy atom. The molecule has 362 valence electrons. The number of rotatable bonds is 14. The Labute approximate surface area is 406 Å². The standard InChI is InChI=1S/C16H18N6O7S2.C14H9Cl2NO5.C11H8ClNO3/c1-4-30(24,25)13-14(22-8-6-5-7-10(22)17-13)31(26,27)21-16(23)20-15-18-11(28-2)9-12(19-15)29-3;1-21-14(18)10-7-9(3-4-12(10)17(19)20)22-13-5-2-8(15)6-11(13)16;12-8-3-4-9(16-6-10(14)15)11-7(8)2-1-5-13-11/h5-9H,4H2,1-3H3,(H2,18,19,20,21,23);2-7H,1H3;1-5H,6H2,(H,14,15). The molecule has 3 N–H and O–H groups in total. The van der Waals surface area contributed by atoms with Crippen LogP contribution in [0.25, 0.3) is 16.6 Å². The van der Waals surface area contributed by atoms with E-state index < -0.39 is 59.4 Å². The Bertz CT molecular complexity index is 3290. The van der Waals surface area contributed by atoms with Gasteiger partial charge in [0.25, 0.3) is 15.7 Å². The molecule has 4 heterocycles. The molecule has 0 unspecified atom stereocenters. The number of nitro benzene ring substituents is 1. The number of imidazole rings is 1. The van der Waals surface area contributed by atoms with Crippen LogP contribution in [0.5, 0.6) is 29.0 Å². The van der Waals surface area contributed by atoms with E-state index in [0.717, 1.165) is 23.0 Å². The van der Waals surface area contributed by atoms with Gasteiger partial charge in [0.2, 0.25) is 17.7 Å². The summed E-state index contributed by atoms with van der Waals surface area (Å²) in [5.74, 6) is -1.51. The zero-order chi connectivity index (χ0) is 50.6. The first-order valence-corrected chi connectivity index (χ1v) is 23.4. The number of sulfone groups is 1. The van der Waals surface area contributed by atoms with Crippen LogP contribution in [0.4, 0.5) is 16.4 Å². The van der Waals surface area contributed by atoms with E-state index in [0.29, 0.717) is 27.1 Å². The van der Waals surface area contributed by atoms with Gasteiger partial charge in [-0.05, 0) is 60.7 Å². The SMILES string of the molecule is CCS(=O)(=O)c1nc2ccccn2c1S(=O)(=O)NC(=O)Nc1nc(OC)cc(OC)n1.COC(=O)c1cc(Oc2ccc(Cl)cc2Cl)ccc1[N+](=O)[O-].O=C(O)COc1ccc(Cl)c2cccnc12. The number of anilines is 1. The van der Waals surface area contributed by atoms with Crippen molar-refractivity contribution in [3.63, 3.8) is 0 Å². The number of benzene rings is 3. The van der Waals surface area contributed by atoms with Gasteiger partial charge in [-0.2, -0.15) is 18.4 Å². The van der Waals surface area contributed by atoms with Crippen LogP contribution in [-0.4, -0.2) is 103 Å². The highest BCUT2D eigenvalue weighted by Gasteiger charge is 2.33. The average molecular weight is 1050 g/mol. The normalized spacial score (nSPS) is 10.9. The maximum atomic E-state index is 13.0. The Hall–Kier alpha value is -7.58. The number of esters is 1. The summed E-state index contributed by atoms with van der Waals surface area (Å²) in [5, 5.41) is 22.3. The van der Waals surface area contributed by atoms with E-state index in [9.17, 15) is 41.3 Å². The van der Waals surface area contributed by atoms with E-state index in [4.69, 9.17) is 58.9 Å². The molecule has 28 heteroatoms. The second kappa shape index (κ2) is 22.9. The Morgan fingerprint density at radius 3 is 2.16 bits per heavy atom. The number of aromatic nitrogens is 5. The summed E-state index contributed by atoms with van der Waals surface area (Å²) >= 11 is 17.7. The van der Waals surface area contributed by atoms with Gasteiger partial charge in [-0.1, -0.05) is 47.8 Å². The van der Waals surface area contributed by atoms with E-state index >= 15 is 0 Å². The number of fused-ring (bicyclic) bond motifs is 2. The first-order valence-electron chi connectivity index (χ1n) is 19.1. The highest BCUT2D eigenvalue weighted by molar-refractivity contribution is 7.93. The number of hydrogen-bond acceptors (Lipinski definition) is 18. The molecule has 69 heavy (non-hydrogen) atoms. The number of urea groups is 1. The van der Waals surface area contributed by atoms with E-state index in [-0.39, 0.29) is 51.1 Å². The van der Waals surface area contributed by atoms with Crippen LogP contribution >= 0.6 is 34.8 Å². The zero-order valence-electron chi connectivity index (χ0n) is 35.9. The lowest BCUT2D eigenvalue weighted by atomic mass is 10.1. The summed E-state index contributed by atoms with van der Waals surface area (Å²) < 4.78 is 78.6. The van der Waals surface area contributed by atoms with Gasteiger partial charge in [-0.3, -0.25) is 24.8 Å². The van der Waals surface area contributed by atoms with Gasteiger partial charge in [-0.25, -0.2) is 32.5 Å². The number of pyridine rings is 2. The Morgan fingerprint density at radius 1 is 0.841 bits per heavy atom. The maximum Gasteiger partial charge on any atom is 0.345 e. The van der Waals surface area contributed by atoms with Crippen LogP contribution in [0.15, 0.2) is 107 Å². The number of methoxy groups -OCH3 is 3. The number of ether oxygens (including phenoxy) is 5. The van der Waals surface area contributed by atoms with Crippen molar-refractivity contribution in [1.82, 2.24) is 29.1 Å². The third kappa shape index (κ3) is 13.3. The number of sulfonamides is 1. The van der Waals surface area contributed by atoms with Crippen molar-refractivity contribution in [1.29, 1.82) is 0 Å². The number of aliphatic carboxylic acids is 1. The molecule has 2 amide bonds. The van der Waals surface area contributed by atoms with Crippen LogP contribution < -0.4 is 29.0 Å². The van der Waals surface area contributed by atoms with E-state index in [1.807, 2.05) is 0 Å². The molecular formula is C41H35Cl3N8O15S2. The van der Waals surface area contributed by atoms with Gasteiger partial charge < -0.3 is 28.8 Å². The average Bonchev–Trinajstić information content (AvgIpc) is 3.74. The molecule has 0 saturated heterocycles. The van der Waals surface area contributed by atoms with Gasteiger partial charge in [0, 0.05) is 34.9 Å². The fourth-order valence-electron chi connectivity index (χ4n) is 5.57. The number of carboxylic acid groups (broad SMARTS) is 1. The lowest BCUT2D eigenvalue weighted by Crippen LogP contribution is -2.36. The Kier molecular flexibility index (Phi) is 17.4. The largest absolute Gasteiger partial charge is 0.481 e. The van der Waals surface area contributed by atoms with Crippen molar-refractivity contribution >= 4 is 101 Å². The third-order valence-electron chi connectivity index (χ3n) is 8.66. The molecule has 0 spiro atoms. The van der Waals surface area contributed by atoms with Crippen molar-refractivity contribution < 1.29 is 64.9 Å². The quantitative estimate of drug-likeness (QED) is 0.0547. The van der Waals surface area contributed by atoms with E-state index in [1.165, 1.54) is 63.7 Å². The fraction of sp³-hybridized carbons (Fsp3) is 0.146. The van der Waals surface area contributed by atoms with Crippen molar-refractivity contribution in [2.24, 2.45) is 0 Å². The van der Waals surface area contributed by atoms with Gasteiger partial charge in [0.05, 0.1) is 48.1 Å². The number of carbonyl (C=O) groups excluding carboxylic acids is 2. The third-order valence-corrected chi connectivity index (χ3v) is 12.6. The lowest BCUT2D eigenvalue weighted by Gasteiger charge is -2.10. The predicted molar refractivity (Wildman–Crippen MR) is 248 cm³/mol. The number of nitro groups is 1. The molecule has 0 bridgehead atoms. The number of carboxylic acids is 1. The van der Waals surface area contributed by atoms with Crippen molar-refractivity contribution in [3.05, 3.63) is 128 Å². The minimum absolute atomic E-state index is 0.0584. The molecule has 7 aromatic rings. The topological polar surface area (TPSA) is 309 Å². The number of halogens is 3. The van der Waals surface area contributed by atoms with Gasteiger partial charge in [0.1, 0.15) is 34.0 Å². The maximum absolute atomic E-state index is 13.0. The van der Waals surface area contributed by atoms with Crippen molar-refractivity contribution in [2.45, 2.75) is 17.0 Å². The smallest absolute Gasteiger partial charge is 0.345 e. The molecule has 0 atom stereocenters. The molecule has 4 aromatic heterocycles. The zero-order valence-corrected chi connectivity index (χ0v) is 39.8. The molecule has 0 aliphatic heterocycles. The number of carbonyl (C=O) groups is 3. The Balaban J connectivity index is 0.000000204. The van der Waals surface area contributed by atoms with Crippen LogP contribution in [0, 0.1) is 10.1 Å². The molecule has 7 rings (SSSR count). The number of nitrogens with zero attached hydrogens (tertiary/aromatic N) is 6. The molecule has 0 fully saturated rings. The van der Waals surface area contributed by atoms with Crippen LogP contribution in [-0.2, 0) is 29.4 Å². The molecular weight excluding hydrogens is 1010 g/mol. The summed E-state index contributed by atoms with van der Waals surface area (Å²) in [7, 11) is -4.91. The van der Waals surface area contributed by atoms with Crippen LogP contribution in [0.2, 0.25) is 15.1 Å². The summed E-state index contributed by atoms with van der Waals surface area (Å²) in [6, 6.07) is 19.8. The van der Waals surface area contributed by atoms with Crippen molar-refractivity contribution in [3.8, 4) is 29.0 Å². The summed E-state index contributed by atoms with van der Waals surface area (Å²) in [6.07, 6.45) is 2.92. The molecule has 0 aliphatic carbocycles. The van der Waals surface area contributed by atoms with Gasteiger partial charge in [0.15, 0.2) is 26.5 Å². The number of hydrogen-bond donors (Lipinski definition) is 3. The first kappa shape index (κ1) is 52.4. The second-order valence-corrected chi connectivity index (χ2v) is 18.2. The highest BCUT2D eigenvalue weighted by Crippen LogP contribution is 2.34. The van der Waals surface area contributed by atoms with Crippen LogP contribution in [0.3, 0.4) is 0 Å². The summed E-state index contributed by atoms with van der Waals surface area (Å²) in [6.45, 7) is 0.955. The van der Waals surface area contributed by atoms with Gasteiger partial charge in [-0.15, -0.1) is 0 Å². The lowest BCUT2D eigenvalue weighted by molar-refractivity contribution is -0.385. The molecule has 0 radical (unpaired) electrons. The van der Waals surface area contributed by atoms with E-state index in [2.05, 4.69) is 30.0 Å². The molecule has 0 aliphatic rings. The van der Waals surface area contributed by atoms with Crippen molar-refractivity contribution in [2.75, 3.05) is 39.0 Å². The number of nitrogens with one attached hydrogen (secondary N) is 2. The predicted octanol–water partition coefficient (Wildman–Crippen LogP) is 7.28. The number of amides is 2. The van der Waals surface area contributed by atoms with Gasteiger partial charge >= 0.3 is 18.0 Å².